The van der Waals surface area contributed by atoms with Crippen LogP contribution in [0.25, 0.3) is 10.2 Å². The summed E-state index contributed by atoms with van der Waals surface area (Å²) in [6.07, 6.45) is 0. The van der Waals surface area contributed by atoms with Crippen molar-refractivity contribution in [3.05, 3.63) is 101 Å². The molecule has 1 aromatic heterocycles. The Morgan fingerprint density at radius 1 is 0.750 bits per heavy atom. The molecule has 0 fully saturated rings. The Hall–Kier alpha value is -2.49. The topological polar surface area (TPSA) is 24.9 Å². The number of para-hydroxylation sites is 1. The average molecular weight is 330 g/mol. The van der Waals surface area contributed by atoms with Gasteiger partial charge in [-0.05, 0) is 23.3 Å². The van der Waals surface area contributed by atoms with E-state index in [1.807, 2.05) is 6.07 Å². The van der Waals surface area contributed by atoms with Gasteiger partial charge < -0.3 is 0 Å². The third kappa shape index (κ3) is 3.23. The molecule has 0 unspecified atom stereocenters. The maximum absolute atomic E-state index is 4.73. The lowest BCUT2D eigenvalue weighted by molar-refractivity contribution is 0.604. The normalized spacial score (nSPS) is 11.2. The molecular weight excluding hydrogens is 312 g/mol. The van der Waals surface area contributed by atoms with Crippen LogP contribution < -0.4 is 5.32 Å². The zero-order valence-electron chi connectivity index (χ0n) is 13.2. The van der Waals surface area contributed by atoms with E-state index in [2.05, 4.69) is 84.2 Å². The number of thiazole rings is 1. The molecule has 1 N–H and O–H groups in total. The van der Waals surface area contributed by atoms with Gasteiger partial charge in [0.2, 0.25) is 0 Å². The van der Waals surface area contributed by atoms with Crippen LogP contribution in [0.3, 0.4) is 0 Å². The molecule has 1 heterocycles. The second kappa shape index (κ2) is 6.95. The number of rotatable bonds is 5. The molecule has 0 amide bonds. The van der Waals surface area contributed by atoms with E-state index in [9.17, 15) is 0 Å². The van der Waals surface area contributed by atoms with Crippen LogP contribution in [0.2, 0.25) is 0 Å². The third-order valence-electron chi connectivity index (χ3n) is 4.06. The van der Waals surface area contributed by atoms with Gasteiger partial charge in [0.1, 0.15) is 5.01 Å². The Balaban J connectivity index is 1.60. The fourth-order valence-corrected chi connectivity index (χ4v) is 3.82. The Labute approximate surface area is 145 Å². The summed E-state index contributed by atoms with van der Waals surface area (Å²) in [5.41, 5.74) is 3.62. The fraction of sp³-hybridized carbons (Fsp3) is 0.0952. The molecule has 4 rings (SSSR count). The summed E-state index contributed by atoms with van der Waals surface area (Å²) < 4.78 is 1.24. The van der Waals surface area contributed by atoms with Crippen molar-refractivity contribution in [1.82, 2.24) is 10.3 Å². The van der Waals surface area contributed by atoms with Gasteiger partial charge in [-0.2, -0.15) is 0 Å². The fourth-order valence-electron chi connectivity index (χ4n) is 2.90. The monoisotopic (exact) mass is 330 g/mol. The van der Waals surface area contributed by atoms with Crippen molar-refractivity contribution in [1.29, 1.82) is 0 Å². The van der Waals surface area contributed by atoms with E-state index in [-0.39, 0.29) is 6.04 Å². The predicted molar refractivity (Wildman–Crippen MR) is 101 cm³/mol. The third-order valence-corrected chi connectivity index (χ3v) is 5.10. The van der Waals surface area contributed by atoms with Crippen molar-refractivity contribution in [2.24, 2.45) is 0 Å². The molecule has 0 aliphatic carbocycles. The first-order valence-electron chi connectivity index (χ1n) is 8.08. The largest absolute Gasteiger partial charge is 0.300 e. The first kappa shape index (κ1) is 15.1. The molecular formula is C21H18N2S. The molecule has 4 aromatic rings. The van der Waals surface area contributed by atoms with Crippen molar-refractivity contribution >= 4 is 21.6 Å². The highest BCUT2D eigenvalue weighted by atomic mass is 32.1. The number of benzene rings is 3. The number of hydrogen-bond acceptors (Lipinski definition) is 3. The summed E-state index contributed by atoms with van der Waals surface area (Å²) >= 11 is 1.76. The van der Waals surface area contributed by atoms with Crippen molar-refractivity contribution in [3.8, 4) is 0 Å². The van der Waals surface area contributed by atoms with Crippen LogP contribution in [0, 0.1) is 0 Å². The molecule has 0 saturated carbocycles. The standard InChI is InChI=1S/C21H18N2S/c1-3-9-16(10-4-1)21(17-11-5-2-6-12-17)22-15-20-23-18-13-7-8-14-19(18)24-20/h1-14,21-22H,15H2. The molecule has 0 aliphatic rings. The zero-order chi connectivity index (χ0) is 16.2. The highest BCUT2D eigenvalue weighted by Gasteiger charge is 2.14. The highest BCUT2D eigenvalue weighted by molar-refractivity contribution is 7.18. The SMILES string of the molecule is c1ccc(C(NCc2nc3ccccc3s2)c2ccccc2)cc1. The van der Waals surface area contributed by atoms with Crippen molar-refractivity contribution in [2.75, 3.05) is 0 Å². The smallest absolute Gasteiger partial charge is 0.108 e. The van der Waals surface area contributed by atoms with Crippen LogP contribution in [0.15, 0.2) is 84.9 Å². The molecule has 0 atom stereocenters. The van der Waals surface area contributed by atoms with Gasteiger partial charge in [0.05, 0.1) is 16.3 Å². The molecule has 3 aromatic carbocycles. The summed E-state index contributed by atoms with van der Waals surface area (Å²) in [6.45, 7) is 0.758. The Morgan fingerprint density at radius 3 is 1.96 bits per heavy atom. The lowest BCUT2D eigenvalue weighted by atomic mass is 9.99. The van der Waals surface area contributed by atoms with Crippen LogP contribution in [-0.2, 0) is 6.54 Å². The Bertz CT molecular complexity index is 844. The molecule has 118 valence electrons. The van der Waals surface area contributed by atoms with E-state index >= 15 is 0 Å². The molecule has 0 bridgehead atoms. The first-order valence-corrected chi connectivity index (χ1v) is 8.89. The van der Waals surface area contributed by atoms with E-state index < -0.39 is 0 Å². The van der Waals surface area contributed by atoms with Gasteiger partial charge >= 0.3 is 0 Å². The zero-order valence-corrected chi connectivity index (χ0v) is 14.0. The van der Waals surface area contributed by atoms with E-state index in [4.69, 9.17) is 4.98 Å². The number of hydrogen-bond donors (Lipinski definition) is 1. The van der Waals surface area contributed by atoms with Crippen molar-refractivity contribution < 1.29 is 0 Å². The van der Waals surface area contributed by atoms with E-state index in [1.165, 1.54) is 15.8 Å². The van der Waals surface area contributed by atoms with Crippen LogP contribution in [-0.4, -0.2) is 4.98 Å². The van der Waals surface area contributed by atoms with Gasteiger partial charge in [-0.15, -0.1) is 11.3 Å². The number of fused-ring (bicyclic) bond motifs is 1. The second-order valence-electron chi connectivity index (χ2n) is 5.71. The van der Waals surface area contributed by atoms with Crippen LogP contribution in [0.1, 0.15) is 22.2 Å². The second-order valence-corrected chi connectivity index (χ2v) is 6.83. The van der Waals surface area contributed by atoms with Gasteiger partial charge in [-0.1, -0.05) is 72.8 Å². The number of nitrogens with one attached hydrogen (secondary N) is 1. The Kier molecular flexibility index (Phi) is 4.36. The maximum Gasteiger partial charge on any atom is 0.108 e. The van der Waals surface area contributed by atoms with Gasteiger partial charge in [0.25, 0.3) is 0 Å². The van der Waals surface area contributed by atoms with Gasteiger partial charge in [0.15, 0.2) is 0 Å². The predicted octanol–water partition coefficient (Wildman–Crippen LogP) is 5.18. The quantitative estimate of drug-likeness (QED) is 0.546. The summed E-state index contributed by atoms with van der Waals surface area (Å²) in [7, 11) is 0. The molecule has 2 nitrogen and oxygen atoms in total. The number of nitrogens with zero attached hydrogens (tertiary/aromatic N) is 1. The molecule has 0 spiro atoms. The van der Waals surface area contributed by atoms with E-state index in [0.717, 1.165) is 17.1 Å². The molecule has 0 saturated heterocycles. The minimum absolute atomic E-state index is 0.166. The highest BCUT2D eigenvalue weighted by Crippen LogP contribution is 2.25. The summed E-state index contributed by atoms with van der Waals surface area (Å²) in [6, 6.07) is 29.6. The van der Waals surface area contributed by atoms with Crippen LogP contribution >= 0.6 is 11.3 Å². The van der Waals surface area contributed by atoms with Crippen molar-refractivity contribution in [3.63, 3.8) is 0 Å². The van der Waals surface area contributed by atoms with Gasteiger partial charge in [-0.3, -0.25) is 5.32 Å². The molecule has 0 radical (unpaired) electrons. The van der Waals surface area contributed by atoms with E-state index in [1.54, 1.807) is 11.3 Å². The first-order chi connectivity index (χ1) is 11.9. The van der Waals surface area contributed by atoms with Crippen LogP contribution in [0.5, 0.6) is 0 Å². The maximum atomic E-state index is 4.73. The Morgan fingerprint density at radius 2 is 1.33 bits per heavy atom. The van der Waals surface area contributed by atoms with Gasteiger partial charge in [-0.25, -0.2) is 4.98 Å². The van der Waals surface area contributed by atoms with Gasteiger partial charge in [0, 0.05) is 6.54 Å². The minimum Gasteiger partial charge on any atom is -0.300 e. The van der Waals surface area contributed by atoms with Crippen molar-refractivity contribution in [2.45, 2.75) is 12.6 Å². The molecule has 24 heavy (non-hydrogen) atoms. The lowest BCUT2D eigenvalue weighted by Gasteiger charge is -2.19. The summed E-state index contributed by atoms with van der Waals surface area (Å²) in [4.78, 5) is 4.73. The van der Waals surface area contributed by atoms with Crippen LogP contribution in [0.4, 0.5) is 0 Å². The van der Waals surface area contributed by atoms with E-state index in [0.29, 0.717) is 0 Å². The number of aromatic nitrogens is 1. The lowest BCUT2D eigenvalue weighted by Crippen LogP contribution is -2.21. The molecule has 0 aliphatic heterocycles. The molecule has 3 heteroatoms. The summed E-state index contributed by atoms with van der Waals surface area (Å²) in [5.74, 6) is 0. The summed E-state index contributed by atoms with van der Waals surface area (Å²) in [5, 5.41) is 4.80. The minimum atomic E-state index is 0.166. The average Bonchev–Trinajstić information content (AvgIpc) is 3.07.